The van der Waals surface area contributed by atoms with E-state index >= 15 is 0 Å². The quantitative estimate of drug-likeness (QED) is 0.612. The third-order valence-electron chi connectivity index (χ3n) is 3.75. The number of hydrogen-bond donors (Lipinski definition) is 1. The fourth-order valence-corrected chi connectivity index (χ4v) is 2.46. The molecule has 0 aliphatic carbocycles. The first-order valence-electron chi connectivity index (χ1n) is 8.35. The lowest BCUT2D eigenvalue weighted by Gasteiger charge is -2.14. The minimum Gasteiger partial charge on any atom is -0.462 e. The fourth-order valence-electron chi connectivity index (χ4n) is 2.46. The molecule has 132 valence electrons. The molecule has 0 bridgehead atoms. The number of benzene rings is 1. The summed E-state index contributed by atoms with van der Waals surface area (Å²) in [5, 5.41) is 2.85. The third kappa shape index (κ3) is 5.35. The van der Waals surface area contributed by atoms with Gasteiger partial charge in [-0.2, -0.15) is 0 Å². The van der Waals surface area contributed by atoms with Crippen molar-refractivity contribution in [2.75, 3.05) is 11.9 Å². The number of para-hydroxylation sites is 1. The number of aryl methyl sites for hydroxylation is 3. The number of ether oxygens (including phenoxy) is 1. The van der Waals surface area contributed by atoms with Gasteiger partial charge in [0.1, 0.15) is 11.5 Å². The van der Waals surface area contributed by atoms with Crippen molar-refractivity contribution in [1.29, 1.82) is 0 Å². The molecular formula is C20H23NO4. The van der Waals surface area contributed by atoms with E-state index in [0.717, 1.165) is 35.4 Å². The van der Waals surface area contributed by atoms with Crippen molar-refractivity contribution in [3.8, 4) is 0 Å². The Balaban J connectivity index is 1.90. The van der Waals surface area contributed by atoms with E-state index < -0.39 is 5.97 Å². The number of rotatable bonds is 7. The molecule has 1 aromatic carbocycles. The van der Waals surface area contributed by atoms with Crippen molar-refractivity contribution in [3.63, 3.8) is 0 Å². The van der Waals surface area contributed by atoms with Gasteiger partial charge in [0, 0.05) is 11.8 Å². The van der Waals surface area contributed by atoms with E-state index in [0.29, 0.717) is 5.76 Å². The summed E-state index contributed by atoms with van der Waals surface area (Å²) in [6.07, 6.45) is 4.38. The monoisotopic (exact) mass is 341 g/mol. The highest BCUT2D eigenvalue weighted by Crippen LogP contribution is 2.22. The van der Waals surface area contributed by atoms with Gasteiger partial charge in [-0.1, -0.05) is 32.0 Å². The molecule has 0 saturated heterocycles. The summed E-state index contributed by atoms with van der Waals surface area (Å²) < 4.78 is 10.3. The van der Waals surface area contributed by atoms with Crippen LogP contribution >= 0.6 is 0 Å². The summed E-state index contributed by atoms with van der Waals surface area (Å²) in [5.74, 6) is 0.368. The molecule has 1 heterocycles. The molecule has 1 amide bonds. The SMILES string of the molecule is CCc1cccc(CC)c1NC(=O)COC(=O)/C=C/c1ccc(C)o1. The second kappa shape index (κ2) is 8.87. The summed E-state index contributed by atoms with van der Waals surface area (Å²) in [7, 11) is 0. The average Bonchev–Trinajstić information content (AvgIpc) is 3.03. The highest BCUT2D eigenvalue weighted by Gasteiger charge is 2.11. The number of carbonyl (C=O) groups excluding carboxylic acids is 2. The first-order chi connectivity index (χ1) is 12.0. The molecule has 25 heavy (non-hydrogen) atoms. The molecule has 1 N–H and O–H groups in total. The van der Waals surface area contributed by atoms with Gasteiger partial charge in [0.25, 0.3) is 5.91 Å². The fraction of sp³-hybridized carbons (Fsp3) is 0.300. The Labute approximate surface area is 147 Å². The molecule has 0 aliphatic rings. The lowest BCUT2D eigenvalue weighted by molar-refractivity contribution is -0.142. The number of anilines is 1. The lowest BCUT2D eigenvalue weighted by Crippen LogP contribution is -2.21. The number of nitrogens with one attached hydrogen (secondary N) is 1. The van der Waals surface area contributed by atoms with Gasteiger partial charge in [0.2, 0.25) is 0 Å². The number of hydrogen-bond acceptors (Lipinski definition) is 4. The Morgan fingerprint density at radius 3 is 2.36 bits per heavy atom. The van der Waals surface area contributed by atoms with Crippen molar-refractivity contribution in [1.82, 2.24) is 0 Å². The van der Waals surface area contributed by atoms with Gasteiger partial charge in [-0.05, 0) is 49.1 Å². The molecule has 5 nitrogen and oxygen atoms in total. The predicted octanol–water partition coefficient (Wildman–Crippen LogP) is 3.91. The maximum atomic E-state index is 12.1. The zero-order chi connectivity index (χ0) is 18.2. The van der Waals surface area contributed by atoms with Gasteiger partial charge in [-0.25, -0.2) is 4.79 Å². The molecule has 1 aromatic heterocycles. The third-order valence-corrected chi connectivity index (χ3v) is 3.75. The normalized spacial score (nSPS) is 10.8. The minimum absolute atomic E-state index is 0.332. The van der Waals surface area contributed by atoms with Gasteiger partial charge in [0.15, 0.2) is 6.61 Å². The van der Waals surface area contributed by atoms with Crippen LogP contribution in [-0.2, 0) is 27.2 Å². The van der Waals surface area contributed by atoms with Crippen LogP contribution in [0.5, 0.6) is 0 Å². The zero-order valence-corrected chi connectivity index (χ0v) is 14.8. The van der Waals surface area contributed by atoms with Gasteiger partial charge >= 0.3 is 5.97 Å². The van der Waals surface area contributed by atoms with Crippen LogP contribution in [0.15, 0.2) is 40.8 Å². The first-order valence-corrected chi connectivity index (χ1v) is 8.35. The maximum absolute atomic E-state index is 12.1. The second-order valence-electron chi connectivity index (χ2n) is 5.60. The van der Waals surface area contributed by atoms with Crippen LogP contribution in [0.1, 0.15) is 36.5 Å². The number of amides is 1. The first kappa shape index (κ1) is 18.5. The number of carbonyl (C=O) groups is 2. The van der Waals surface area contributed by atoms with Crippen LogP contribution in [0.2, 0.25) is 0 Å². The van der Waals surface area contributed by atoms with Crippen LogP contribution in [0, 0.1) is 6.92 Å². The molecular weight excluding hydrogens is 318 g/mol. The molecule has 0 aliphatic heterocycles. The van der Waals surface area contributed by atoms with Crippen LogP contribution < -0.4 is 5.32 Å². The van der Waals surface area contributed by atoms with Crippen LogP contribution in [0.4, 0.5) is 5.69 Å². The topological polar surface area (TPSA) is 68.5 Å². The van der Waals surface area contributed by atoms with E-state index in [1.54, 1.807) is 12.1 Å². The van der Waals surface area contributed by atoms with Gasteiger partial charge < -0.3 is 14.5 Å². The van der Waals surface area contributed by atoms with Crippen molar-refractivity contribution in [2.24, 2.45) is 0 Å². The van der Waals surface area contributed by atoms with Crippen LogP contribution in [0.25, 0.3) is 6.08 Å². The Kier molecular flexibility index (Phi) is 6.57. The predicted molar refractivity (Wildman–Crippen MR) is 97.3 cm³/mol. The molecule has 0 atom stereocenters. The zero-order valence-electron chi connectivity index (χ0n) is 14.8. The lowest BCUT2D eigenvalue weighted by atomic mass is 10.0. The largest absolute Gasteiger partial charge is 0.462 e. The van der Waals surface area contributed by atoms with Gasteiger partial charge in [-0.15, -0.1) is 0 Å². The van der Waals surface area contributed by atoms with Gasteiger partial charge in [0.05, 0.1) is 0 Å². The van der Waals surface area contributed by atoms with Gasteiger partial charge in [-0.3, -0.25) is 4.79 Å². The Hall–Kier alpha value is -2.82. The van der Waals surface area contributed by atoms with E-state index in [9.17, 15) is 9.59 Å². The molecule has 0 radical (unpaired) electrons. The minimum atomic E-state index is -0.594. The highest BCUT2D eigenvalue weighted by molar-refractivity contribution is 5.95. The van der Waals surface area contributed by atoms with E-state index in [-0.39, 0.29) is 12.5 Å². The molecule has 0 fully saturated rings. The van der Waals surface area contributed by atoms with Crippen molar-refractivity contribution in [3.05, 3.63) is 59.1 Å². The summed E-state index contributed by atoms with van der Waals surface area (Å²) in [6.45, 7) is 5.55. The smallest absolute Gasteiger partial charge is 0.331 e. The van der Waals surface area contributed by atoms with E-state index in [1.165, 1.54) is 12.2 Å². The maximum Gasteiger partial charge on any atom is 0.331 e. The Morgan fingerprint density at radius 1 is 1.12 bits per heavy atom. The average molecular weight is 341 g/mol. The molecule has 0 unspecified atom stereocenters. The summed E-state index contributed by atoms with van der Waals surface area (Å²) in [4.78, 5) is 23.8. The van der Waals surface area contributed by atoms with E-state index in [4.69, 9.17) is 9.15 Å². The summed E-state index contributed by atoms with van der Waals surface area (Å²) in [6, 6.07) is 9.49. The van der Waals surface area contributed by atoms with E-state index in [1.807, 2.05) is 39.0 Å². The molecule has 5 heteroatoms. The number of esters is 1. The summed E-state index contributed by atoms with van der Waals surface area (Å²) in [5.41, 5.74) is 2.94. The second-order valence-corrected chi connectivity index (χ2v) is 5.60. The molecule has 0 spiro atoms. The van der Waals surface area contributed by atoms with Crippen molar-refractivity contribution in [2.45, 2.75) is 33.6 Å². The Morgan fingerprint density at radius 2 is 1.80 bits per heavy atom. The highest BCUT2D eigenvalue weighted by atomic mass is 16.5. The van der Waals surface area contributed by atoms with Crippen LogP contribution in [-0.4, -0.2) is 18.5 Å². The molecule has 2 aromatic rings. The van der Waals surface area contributed by atoms with E-state index in [2.05, 4.69) is 5.32 Å². The summed E-state index contributed by atoms with van der Waals surface area (Å²) >= 11 is 0. The van der Waals surface area contributed by atoms with Crippen LogP contribution in [0.3, 0.4) is 0 Å². The van der Waals surface area contributed by atoms with Crippen molar-refractivity contribution < 1.29 is 18.7 Å². The number of furan rings is 1. The standard InChI is InChI=1S/C20H23NO4/c1-4-15-7-6-8-16(5-2)20(15)21-18(22)13-24-19(23)12-11-17-10-9-14(3)25-17/h6-12H,4-5,13H2,1-3H3,(H,21,22)/b12-11+. The molecule has 2 rings (SSSR count). The molecule has 0 saturated carbocycles. The Bertz CT molecular complexity index is 752. The van der Waals surface area contributed by atoms with Crippen molar-refractivity contribution >= 4 is 23.6 Å².